The number of hydrogen-bond acceptors (Lipinski definition) is 5. The van der Waals surface area contributed by atoms with Gasteiger partial charge in [-0.1, -0.05) is 6.07 Å². The highest BCUT2D eigenvalue weighted by molar-refractivity contribution is 5.97. The van der Waals surface area contributed by atoms with Crippen molar-refractivity contribution in [2.75, 3.05) is 26.7 Å². The van der Waals surface area contributed by atoms with E-state index in [9.17, 15) is 4.79 Å². The van der Waals surface area contributed by atoms with E-state index in [4.69, 9.17) is 14.9 Å². The van der Waals surface area contributed by atoms with Crippen LogP contribution in [0.25, 0.3) is 22.2 Å². The summed E-state index contributed by atoms with van der Waals surface area (Å²) in [4.78, 5) is 18.1. The highest BCUT2D eigenvalue weighted by Gasteiger charge is 2.22. The summed E-state index contributed by atoms with van der Waals surface area (Å²) in [6.07, 6.45) is 8.36. The number of methoxy groups -OCH3 is 1. The van der Waals surface area contributed by atoms with Gasteiger partial charge in [-0.25, -0.2) is 4.98 Å². The van der Waals surface area contributed by atoms with Crippen molar-refractivity contribution in [2.45, 2.75) is 25.3 Å². The summed E-state index contributed by atoms with van der Waals surface area (Å²) < 4.78 is 13.3. The molecule has 1 saturated heterocycles. The lowest BCUT2D eigenvalue weighted by Crippen LogP contribution is -2.35. The van der Waals surface area contributed by atoms with Crippen molar-refractivity contribution in [2.24, 2.45) is 5.73 Å². The monoisotopic (exact) mass is 444 g/mol. The second-order valence-corrected chi connectivity index (χ2v) is 8.58. The van der Waals surface area contributed by atoms with Crippen LogP contribution in [0.5, 0.6) is 5.75 Å². The van der Waals surface area contributed by atoms with E-state index in [0.29, 0.717) is 11.6 Å². The second-order valence-electron chi connectivity index (χ2n) is 8.58. The lowest BCUT2D eigenvalue weighted by molar-refractivity contribution is 0.100. The van der Waals surface area contributed by atoms with E-state index in [1.807, 2.05) is 24.3 Å². The summed E-state index contributed by atoms with van der Waals surface area (Å²) in [6.45, 7) is 3.04. The van der Waals surface area contributed by atoms with Crippen LogP contribution in [0.15, 0.2) is 65.7 Å². The smallest absolute Gasteiger partial charge is 0.248 e. The number of piperidine rings is 1. The Balaban J connectivity index is 1.24. The average Bonchev–Trinajstić information content (AvgIpc) is 3.53. The second kappa shape index (κ2) is 9.11. The number of primary amides is 1. The Morgan fingerprint density at radius 1 is 1.18 bits per heavy atom. The molecule has 1 amide bonds. The molecule has 170 valence electrons. The first-order valence-corrected chi connectivity index (χ1v) is 11.3. The SMILES string of the molecule is COc1ccc(-c2cnco2)cc1CCN1CCC(n2ccc3ccc(C(N)=O)cc32)CC1. The van der Waals surface area contributed by atoms with Crippen LogP contribution < -0.4 is 10.5 Å². The maximum atomic E-state index is 11.6. The van der Waals surface area contributed by atoms with E-state index in [2.05, 4.69) is 32.8 Å². The van der Waals surface area contributed by atoms with Crippen molar-refractivity contribution in [3.63, 3.8) is 0 Å². The molecule has 0 saturated carbocycles. The molecule has 0 bridgehead atoms. The Morgan fingerprint density at radius 2 is 2.03 bits per heavy atom. The molecule has 1 fully saturated rings. The quantitative estimate of drug-likeness (QED) is 0.460. The molecule has 1 aliphatic heterocycles. The molecule has 7 heteroatoms. The Morgan fingerprint density at radius 3 is 2.76 bits per heavy atom. The number of rotatable bonds is 7. The van der Waals surface area contributed by atoms with Gasteiger partial charge in [0.1, 0.15) is 5.75 Å². The van der Waals surface area contributed by atoms with Gasteiger partial charge in [-0.15, -0.1) is 0 Å². The summed E-state index contributed by atoms with van der Waals surface area (Å²) in [5.74, 6) is 1.28. The third-order valence-electron chi connectivity index (χ3n) is 6.65. The number of nitrogens with zero attached hydrogens (tertiary/aromatic N) is 3. The van der Waals surface area contributed by atoms with E-state index < -0.39 is 0 Å². The number of aromatic nitrogens is 2. The third-order valence-corrected chi connectivity index (χ3v) is 6.65. The Kier molecular flexibility index (Phi) is 5.88. The molecule has 3 heterocycles. The molecule has 5 rings (SSSR count). The van der Waals surface area contributed by atoms with Crippen molar-refractivity contribution in [3.8, 4) is 17.1 Å². The molecule has 1 aliphatic rings. The number of benzene rings is 2. The van der Waals surface area contributed by atoms with Gasteiger partial charge in [-0.05, 0) is 66.6 Å². The summed E-state index contributed by atoms with van der Waals surface area (Å²) in [7, 11) is 1.71. The average molecular weight is 445 g/mol. The summed E-state index contributed by atoms with van der Waals surface area (Å²) >= 11 is 0. The first kappa shape index (κ1) is 21.3. The minimum Gasteiger partial charge on any atom is -0.496 e. The van der Waals surface area contributed by atoms with Gasteiger partial charge in [0, 0.05) is 48.5 Å². The van der Waals surface area contributed by atoms with Crippen molar-refractivity contribution in [1.82, 2.24) is 14.5 Å². The van der Waals surface area contributed by atoms with Crippen molar-refractivity contribution in [3.05, 3.63) is 72.4 Å². The number of fused-ring (bicyclic) bond motifs is 1. The predicted molar refractivity (Wildman–Crippen MR) is 127 cm³/mol. The number of amides is 1. The molecule has 33 heavy (non-hydrogen) atoms. The van der Waals surface area contributed by atoms with Crippen LogP contribution in [-0.4, -0.2) is 47.1 Å². The first-order chi connectivity index (χ1) is 16.1. The van der Waals surface area contributed by atoms with Gasteiger partial charge in [0.05, 0.1) is 13.3 Å². The molecule has 2 aromatic heterocycles. The van der Waals surface area contributed by atoms with Crippen LogP contribution in [0, 0.1) is 0 Å². The van der Waals surface area contributed by atoms with Gasteiger partial charge in [0.25, 0.3) is 0 Å². The minimum atomic E-state index is -0.387. The Bertz CT molecular complexity index is 1250. The number of carbonyl (C=O) groups excluding carboxylic acids is 1. The largest absolute Gasteiger partial charge is 0.496 e. The van der Waals surface area contributed by atoms with Crippen molar-refractivity contribution in [1.29, 1.82) is 0 Å². The van der Waals surface area contributed by atoms with Gasteiger partial charge in [0.2, 0.25) is 5.91 Å². The van der Waals surface area contributed by atoms with Gasteiger partial charge in [-0.2, -0.15) is 0 Å². The zero-order valence-corrected chi connectivity index (χ0v) is 18.7. The number of oxazole rings is 1. The number of nitrogens with two attached hydrogens (primary N) is 1. The standard InChI is InChI=1S/C26H28N4O3/c1-32-24-5-4-19(25-16-28-17-33-25)14-20(24)6-10-29-11-8-22(9-12-29)30-13-7-18-2-3-21(26(27)31)15-23(18)30/h2-5,7,13-17,22H,6,8-12H2,1H3,(H2,27,31). The highest BCUT2D eigenvalue weighted by Crippen LogP contribution is 2.30. The molecule has 0 spiro atoms. The number of hydrogen-bond donors (Lipinski definition) is 1. The van der Waals surface area contributed by atoms with Crippen LogP contribution in [0.1, 0.15) is 34.8 Å². The molecular weight excluding hydrogens is 416 g/mol. The molecule has 0 radical (unpaired) electrons. The zero-order chi connectivity index (χ0) is 22.8. The van der Waals surface area contributed by atoms with Gasteiger partial charge >= 0.3 is 0 Å². The Labute approximate surface area is 192 Å². The summed E-state index contributed by atoms with van der Waals surface area (Å²) in [6, 6.07) is 14.3. The number of likely N-dealkylation sites (tertiary alicyclic amines) is 1. The molecule has 0 unspecified atom stereocenters. The van der Waals surface area contributed by atoms with Gasteiger partial charge in [-0.3, -0.25) is 4.79 Å². The van der Waals surface area contributed by atoms with Crippen molar-refractivity contribution < 1.29 is 13.9 Å². The van der Waals surface area contributed by atoms with E-state index >= 15 is 0 Å². The van der Waals surface area contributed by atoms with Crippen LogP contribution in [0.3, 0.4) is 0 Å². The first-order valence-electron chi connectivity index (χ1n) is 11.3. The summed E-state index contributed by atoms with van der Waals surface area (Å²) in [5, 5.41) is 1.14. The predicted octanol–water partition coefficient (Wildman–Crippen LogP) is 4.28. The minimum absolute atomic E-state index is 0.387. The molecule has 0 atom stereocenters. The fourth-order valence-electron chi connectivity index (χ4n) is 4.81. The zero-order valence-electron chi connectivity index (χ0n) is 18.7. The van der Waals surface area contributed by atoms with Gasteiger partial charge in [0.15, 0.2) is 12.2 Å². The van der Waals surface area contributed by atoms with Gasteiger partial charge < -0.3 is 24.4 Å². The fourth-order valence-corrected chi connectivity index (χ4v) is 4.81. The van der Waals surface area contributed by atoms with E-state index in [-0.39, 0.29) is 5.91 Å². The van der Waals surface area contributed by atoms with Crippen LogP contribution in [0.2, 0.25) is 0 Å². The molecular formula is C26H28N4O3. The number of ether oxygens (including phenoxy) is 1. The van der Waals surface area contributed by atoms with E-state index in [1.54, 1.807) is 19.4 Å². The molecule has 0 aliphatic carbocycles. The molecule has 7 nitrogen and oxygen atoms in total. The van der Waals surface area contributed by atoms with E-state index in [1.165, 1.54) is 12.0 Å². The topological polar surface area (TPSA) is 86.5 Å². The maximum Gasteiger partial charge on any atom is 0.248 e. The lowest BCUT2D eigenvalue weighted by Gasteiger charge is -2.33. The maximum absolute atomic E-state index is 11.6. The third kappa shape index (κ3) is 4.36. The van der Waals surface area contributed by atoms with Crippen LogP contribution >= 0.6 is 0 Å². The number of carbonyl (C=O) groups is 1. The Hall–Kier alpha value is -3.58. The summed E-state index contributed by atoms with van der Waals surface area (Å²) in [5.41, 5.74) is 9.31. The van der Waals surface area contributed by atoms with Crippen LogP contribution in [-0.2, 0) is 6.42 Å². The lowest BCUT2D eigenvalue weighted by atomic mass is 10.0. The molecule has 4 aromatic rings. The van der Waals surface area contributed by atoms with Crippen molar-refractivity contribution >= 4 is 16.8 Å². The van der Waals surface area contributed by atoms with Crippen LogP contribution in [0.4, 0.5) is 0 Å². The normalized spacial score (nSPS) is 15.2. The molecule has 2 aromatic carbocycles. The van der Waals surface area contributed by atoms with E-state index in [0.717, 1.165) is 66.9 Å². The fraction of sp³-hybridized carbons (Fsp3) is 0.308. The highest BCUT2D eigenvalue weighted by atomic mass is 16.5. The molecule has 2 N–H and O–H groups in total.